The van der Waals surface area contributed by atoms with Crippen LogP contribution in [0, 0.1) is 25.2 Å². The third-order valence-electron chi connectivity index (χ3n) is 2.50. The van der Waals surface area contributed by atoms with E-state index in [9.17, 15) is 9.90 Å². The Balaban J connectivity index is 3.08. The number of phenolic OH excluding ortho intramolecular Hbond substituents is 1. The van der Waals surface area contributed by atoms with Crippen molar-refractivity contribution in [2.45, 2.75) is 13.8 Å². The summed E-state index contributed by atoms with van der Waals surface area (Å²) >= 11 is 0. The maximum absolute atomic E-state index is 11.6. The number of hydrogen-bond donors (Lipinski definition) is 1. The number of nitrogens with zero attached hydrogens (tertiary/aromatic N) is 1. The van der Waals surface area contributed by atoms with Crippen molar-refractivity contribution in [1.82, 2.24) is 0 Å². The molecule has 1 aromatic rings. The van der Waals surface area contributed by atoms with Crippen LogP contribution in [-0.2, 0) is 9.53 Å². The predicted molar refractivity (Wildman–Crippen MR) is 72.3 cm³/mol. The Labute approximate surface area is 112 Å². The molecule has 0 aliphatic rings. The van der Waals surface area contributed by atoms with Crippen LogP contribution in [0.5, 0.6) is 5.75 Å². The summed E-state index contributed by atoms with van der Waals surface area (Å²) in [6.45, 7) is 6.99. The summed E-state index contributed by atoms with van der Waals surface area (Å²) in [5.41, 5.74) is 1.94. The number of benzene rings is 1. The number of carbonyl (C=O) groups excluding carboxylic acids is 1. The largest absolute Gasteiger partial charge is 0.507 e. The van der Waals surface area contributed by atoms with Crippen molar-refractivity contribution in [2.75, 3.05) is 6.61 Å². The Morgan fingerprint density at radius 3 is 2.53 bits per heavy atom. The van der Waals surface area contributed by atoms with Crippen LogP contribution in [0.4, 0.5) is 0 Å². The molecule has 0 fully saturated rings. The quantitative estimate of drug-likeness (QED) is 0.389. The molecule has 0 bridgehead atoms. The molecular weight excluding hydrogens is 242 g/mol. The molecule has 4 heteroatoms. The van der Waals surface area contributed by atoms with E-state index in [0.717, 1.165) is 0 Å². The normalized spacial score (nSPS) is 10.7. The van der Waals surface area contributed by atoms with Crippen molar-refractivity contribution in [3.63, 3.8) is 0 Å². The lowest BCUT2D eigenvalue weighted by atomic mass is 10.0. The van der Waals surface area contributed by atoms with Gasteiger partial charge in [-0.25, -0.2) is 4.79 Å². The molecule has 1 N–H and O–H groups in total. The third kappa shape index (κ3) is 3.71. The van der Waals surface area contributed by atoms with Gasteiger partial charge in [-0.3, -0.25) is 0 Å². The Morgan fingerprint density at radius 2 is 2.05 bits per heavy atom. The second-order valence-electron chi connectivity index (χ2n) is 4.06. The molecule has 0 aliphatic heterocycles. The van der Waals surface area contributed by atoms with Crippen molar-refractivity contribution >= 4 is 12.0 Å². The van der Waals surface area contributed by atoms with E-state index in [1.54, 1.807) is 32.0 Å². The second kappa shape index (κ2) is 6.41. The molecule has 4 nitrogen and oxygen atoms in total. The summed E-state index contributed by atoms with van der Waals surface area (Å²) in [7, 11) is 0. The smallest absolute Gasteiger partial charge is 0.349 e. The molecule has 0 heterocycles. The monoisotopic (exact) mass is 257 g/mol. The standard InChI is InChI=1S/C15H15NO3/c1-4-5-19-15(18)13(9-16)8-12-6-10(2)14(17)11(3)7-12/h4,6-8,17H,1,5H2,2-3H3/b13-8+. The highest BCUT2D eigenvalue weighted by Gasteiger charge is 2.11. The number of esters is 1. The van der Waals surface area contributed by atoms with Gasteiger partial charge in [-0.05, 0) is 48.7 Å². The van der Waals surface area contributed by atoms with Gasteiger partial charge in [0.15, 0.2) is 0 Å². The molecule has 98 valence electrons. The zero-order chi connectivity index (χ0) is 14.4. The Morgan fingerprint density at radius 1 is 1.47 bits per heavy atom. The van der Waals surface area contributed by atoms with Crippen LogP contribution in [0.25, 0.3) is 6.08 Å². The lowest BCUT2D eigenvalue weighted by Crippen LogP contribution is -2.06. The van der Waals surface area contributed by atoms with Gasteiger partial charge in [0.2, 0.25) is 0 Å². The number of rotatable bonds is 4. The van der Waals surface area contributed by atoms with Crippen LogP contribution in [0.1, 0.15) is 16.7 Å². The highest BCUT2D eigenvalue weighted by atomic mass is 16.5. The van der Waals surface area contributed by atoms with E-state index in [1.165, 1.54) is 12.2 Å². The number of aryl methyl sites for hydroxylation is 2. The van der Waals surface area contributed by atoms with Crippen LogP contribution in [-0.4, -0.2) is 17.7 Å². The first-order chi connectivity index (χ1) is 8.99. The number of hydrogen-bond acceptors (Lipinski definition) is 4. The summed E-state index contributed by atoms with van der Waals surface area (Å²) in [5.74, 6) is -0.476. The van der Waals surface area contributed by atoms with Gasteiger partial charge in [-0.2, -0.15) is 5.26 Å². The van der Waals surface area contributed by atoms with Gasteiger partial charge in [-0.15, -0.1) is 0 Å². The molecule has 0 radical (unpaired) electrons. The summed E-state index contributed by atoms with van der Waals surface area (Å²) in [4.78, 5) is 11.6. The minimum atomic E-state index is -0.689. The molecule has 0 saturated heterocycles. The number of aromatic hydroxyl groups is 1. The summed E-state index contributed by atoms with van der Waals surface area (Å²) in [5, 5.41) is 18.6. The van der Waals surface area contributed by atoms with E-state index in [0.29, 0.717) is 16.7 Å². The van der Waals surface area contributed by atoms with Crippen molar-refractivity contribution < 1.29 is 14.6 Å². The number of carbonyl (C=O) groups is 1. The summed E-state index contributed by atoms with van der Waals surface area (Å²) < 4.78 is 4.80. The van der Waals surface area contributed by atoms with E-state index in [-0.39, 0.29) is 17.9 Å². The fourth-order valence-electron chi connectivity index (χ4n) is 1.59. The lowest BCUT2D eigenvalue weighted by molar-refractivity contribution is -0.137. The molecular formula is C15H15NO3. The van der Waals surface area contributed by atoms with E-state index in [2.05, 4.69) is 6.58 Å². The van der Waals surface area contributed by atoms with Gasteiger partial charge in [-0.1, -0.05) is 12.7 Å². The van der Waals surface area contributed by atoms with Gasteiger partial charge in [0.25, 0.3) is 0 Å². The van der Waals surface area contributed by atoms with Gasteiger partial charge in [0.05, 0.1) is 0 Å². The van der Waals surface area contributed by atoms with Crippen molar-refractivity contribution in [2.24, 2.45) is 0 Å². The van der Waals surface area contributed by atoms with E-state index in [1.807, 2.05) is 0 Å². The van der Waals surface area contributed by atoms with Crippen molar-refractivity contribution in [3.05, 3.63) is 47.1 Å². The zero-order valence-corrected chi connectivity index (χ0v) is 10.9. The highest BCUT2D eigenvalue weighted by molar-refractivity contribution is 5.98. The first-order valence-electron chi connectivity index (χ1n) is 5.69. The molecule has 0 saturated carbocycles. The third-order valence-corrected chi connectivity index (χ3v) is 2.50. The second-order valence-corrected chi connectivity index (χ2v) is 4.06. The fraction of sp³-hybridized carbons (Fsp3) is 0.200. The maximum Gasteiger partial charge on any atom is 0.349 e. The molecule has 1 rings (SSSR count). The first kappa shape index (κ1) is 14.5. The Kier molecular flexibility index (Phi) is 4.90. The van der Waals surface area contributed by atoms with Gasteiger partial charge in [0.1, 0.15) is 24.0 Å². The average Bonchev–Trinajstić information content (AvgIpc) is 2.39. The zero-order valence-electron chi connectivity index (χ0n) is 10.9. The number of nitriles is 1. The highest BCUT2D eigenvalue weighted by Crippen LogP contribution is 2.24. The van der Waals surface area contributed by atoms with Crippen LogP contribution in [0.2, 0.25) is 0 Å². The van der Waals surface area contributed by atoms with Crippen LogP contribution < -0.4 is 0 Å². The molecule has 0 amide bonds. The molecule has 0 spiro atoms. The Bertz CT molecular complexity index is 557. The average molecular weight is 257 g/mol. The van der Waals surface area contributed by atoms with Crippen molar-refractivity contribution in [1.29, 1.82) is 5.26 Å². The summed E-state index contributed by atoms with van der Waals surface area (Å²) in [6.07, 6.45) is 2.87. The molecule has 19 heavy (non-hydrogen) atoms. The van der Waals surface area contributed by atoms with Crippen molar-refractivity contribution in [3.8, 4) is 11.8 Å². The summed E-state index contributed by atoms with van der Waals surface area (Å²) in [6, 6.07) is 5.19. The first-order valence-corrected chi connectivity index (χ1v) is 5.69. The molecule has 0 aromatic heterocycles. The number of ether oxygens (including phenoxy) is 1. The lowest BCUT2D eigenvalue weighted by Gasteiger charge is -2.05. The molecule has 0 unspecified atom stereocenters. The predicted octanol–water partition coefficient (Wildman–Crippen LogP) is 2.65. The molecule has 1 aromatic carbocycles. The van der Waals surface area contributed by atoms with Crippen LogP contribution in [0.3, 0.4) is 0 Å². The van der Waals surface area contributed by atoms with E-state index >= 15 is 0 Å². The Hall–Kier alpha value is -2.54. The van der Waals surface area contributed by atoms with E-state index < -0.39 is 5.97 Å². The molecule has 0 atom stereocenters. The molecule has 0 aliphatic carbocycles. The fourth-order valence-corrected chi connectivity index (χ4v) is 1.59. The SMILES string of the molecule is C=CCOC(=O)/C(C#N)=C/c1cc(C)c(O)c(C)c1. The minimum Gasteiger partial charge on any atom is -0.507 e. The van der Waals surface area contributed by atoms with Gasteiger partial charge in [0, 0.05) is 0 Å². The maximum atomic E-state index is 11.6. The minimum absolute atomic E-state index is 0.0610. The van der Waals surface area contributed by atoms with Gasteiger partial charge >= 0.3 is 5.97 Å². The van der Waals surface area contributed by atoms with Gasteiger partial charge < -0.3 is 9.84 Å². The van der Waals surface area contributed by atoms with Crippen LogP contribution >= 0.6 is 0 Å². The number of phenols is 1. The topological polar surface area (TPSA) is 70.3 Å². The van der Waals surface area contributed by atoms with Crippen LogP contribution in [0.15, 0.2) is 30.4 Å². The van der Waals surface area contributed by atoms with E-state index in [4.69, 9.17) is 10.00 Å².